The van der Waals surface area contributed by atoms with E-state index in [0.29, 0.717) is 4.47 Å². The largest absolute Gasteiger partial charge is 0.347 e. The van der Waals surface area contributed by atoms with Crippen LogP contribution in [0.2, 0.25) is 0 Å². The van der Waals surface area contributed by atoms with Crippen LogP contribution in [0.15, 0.2) is 71.2 Å². The number of benzene rings is 3. The molecule has 0 aromatic heterocycles. The molecule has 2 saturated heterocycles. The molecule has 0 spiro atoms. The molecule has 3 aromatic rings. The Hall–Kier alpha value is -5.60. The van der Waals surface area contributed by atoms with Crippen LogP contribution in [-0.2, 0) is 41.6 Å². The molecule has 0 bridgehead atoms. The fourth-order valence-corrected chi connectivity index (χ4v) is 11.5. The molecule has 0 radical (unpaired) electrons. The molecule has 2 heterocycles. The van der Waals surface area contributed by atoms with Crippen molar-refractivity contribution in [2.75, 3.05) is 27.2 Å². The summed E-state index contributed by atoms with van der Waals surface area (Å²) in [7, 11) is 3.30. The number of aryl methyl sites for hydroxylation is 2. The Labute approximate surface area is 486 Å². The molecule has 432 valence electrons. The third-order valence-electron chi connectivity index (χ3n) is 15.7. The number of nitrogens with zero attached hydrogens (tertiary/aromatic N) is 2. The van der Waals surface area contributed by atoms with E-state index >= 15 is 0 Å². The lowest BCUT2D eigenvalue weighted by atomic mass is 9.85. The van der Waals surface area contributed by atoms with Crippen molar-refractivity contribution in [1.29, 1.82) is 0 Å². The predicted molar refractivity (Wildman–Crippen MR) is 312 cm³/mol. The van der Waals surface area contributed by atoms with Crippen molar-refractivity contribution < 1.29 is 38.4 Å². The first-order valence-electron chi connectivity index (χ1n) is 27.1. The lowest BCUT2D eigenvalue weighted by Crippen LogP contribution is -2.59. The molecule has 3 unspecified atom stereocenters. The van der Waals surface area contributed by atoms with E-state index in [-0.39, 0.29) is 97.6 Å². The third kappa shape index (κ3) is 15.4. The summed E-state index contributed by atoms with van der Waals surface area (Å²) in [6, 6.07) is 13.5. The highest BCUT2D eigenvalue weighted by Gasteiger charge is 2.48. The smallest absolute Gasteiger partial charge is 0.251 e. The van der Waals surface area contributed by atoms with Gasteiger partial charge in [0.15, 0.2) is 0 Å². The van der Waals surface area contributed by atoms with E-state index in [0.717, 1.165) is 60.8 Å². The summed E-state index contributed by atoms with van der Waals surface area (Å²) in [6.45, 7) is 14.4. The minimum absolute atomic E-state index is 0. The van der Waals surface area contributed by atoms with Crippen LogP contribution in [0, 0.1) is 10.8 Å². The monoisotopic (exact) mass is 1190 g/mol. The van der Waals surface area contributed by atoms with Gasteiger partial charge in [0.1, 0.15) is 24.2 Å². The first-order chi connectivity index (χ1) is 36.4. The number of likely N-dealkylation sites (N-methyl/N-ethyl adjacent to an activating group) is 2. The molecule has 0 saturated carbocycles. The number of nitrogens with one attached hydrogen (secondary N) is 8. The van der Waals surface area contributed by atoms with Crippen LogP contribution in [0.3, 0.4) is 0 Å². The summed E-state index contributed by atoms with van der Waals surface area (Å²) in [5.41, 5.74) is 3.13. The minimum Gasteiger partial charge on any atom is -0.347 e. The second-order valence-electron chi connectivity index (χ2n) is 23.5. The van der Waals surface area contributed by atoms with E-state index in [1.165, 1.54) is 15.9 Å². The molecular weight excluding hydrogens is 1120 g/mol. The molecule has 2 fully saturated rings. The fraction of sp³-hybridized carbons (Fsp3) is 0.552. The van der Waals surface area contributed by atoms with Crippen molar-refractivity contribution in [3.8, 4) is 0 Å². The SMILES string of the molecule is CN[C@@H](C)C(=O)NC(C(=O)N1C[C@@H](NC(=O)c2cc(Br)cc(C(=O)N[C@H]3CC(C(=O)N[C@@H]4CCCc5ccccc54)N(C(=O)[C@@H](NC(=O)[C@H](C)NC)C(C)(C)C)C3)c2)CC1C(=O)N[C@@H]1CCCc2ccccc21)C(C)(C)C.Cl.Cl. The van der Waals surface area contributed by atoms with Gasteiger partial charge in [-0.05, 0) is 131 Å². The van der Waals surface area contributed by atoms with Crippen molar-refractivity contribution in [1.82, 2.24) is 52.3 Å². The third-order valence-corrected chi connectivity index (χ3v) is 16.1. The van der Waals surface area contributed by atoms with Crippen LogP contribution < -0.4 is 42.5 Å². The van der Waals surface area contributed by atoms with Crippen molar-refractivity contribution in [2.24, 2.45) is 10.8 Å². The summed E-state index contributed by atoms with van der Waals surface area (Å²) in [6.07, 6.45) is 5.18. The van der Waals surface area contributed by atoms with Gasteiger partial charge in [-0.3, -0.25) is 38.4 Å². The molecule has 79 heavy (non-hydrogen) atoms. The van der Waals surface area contributed by atoms with Gasteiger partial charge in [-0.15, -0.1) is 24.8 Å². The molecule has 21 heteroatoms. The number of carbonyl (C=O) groups is 8. The van der Waals surface area contributed by atoms with Gasteiger partial charge in [0.05, 0.1) is 24.2 Å². The van der Waals surface area contributed by atoms with Crippen LogP contribution in [0.5, 0.6) is 0 Å². The fourth-order valence-electron chi connectivity index (χ4n) is 11.0. The van der Waals surface area contributed by atoms with Crippen LogP contribution in [0.1, 0.15) is 149 Å². The Morgan fingerprint density at radius 1 is 0.557 bits per heavy atom. The van der Waals surface area contributed by atoms with Crippen molar-refractivity contribution in [2.45, 2.75) is 167 Å². The summed E-state index contributed by atoms with van der Waals surface area (Å²) < 4.78 is 0.427. The zero-order valence-corrected chi connectivity index (χ0v) is 50.3. The molecule has 4 aliphatic rings. The molecule has 18 nitrogen and oxygen atoms in total. The maximum Gasteiger partial charge on any atom is 0.251 e. The highest BCUT2D eigenvalue weighted by atomic mass is 79.9. The topological polar surface area (TPSA) is 239 Å². The van der Waals surface area contributed by atoms with E-state index in [9.17, 15) is 38.4 Å². The summed E-state index contributed by atoms with van der Waals surface area (Å²) in [5, 5.41) is 24.2. The molecule has 8 N–H and O–H groups in total. The van der Waals surface area contributed by atoms with Gasteiger partial charge in [0.25, 0.3) is 11.8 Å². The van der Waals surface area contributed by atoms with E-state index in [1.807, 2.05) is 77.9 Å². The normalized spacial score (nSPS) is 22.2. The molecule has 2 aliphatic carbocycles. The first kappa shape index (κ1) is 64.2. The molecule has 2 aliphatic heterocycles. The van der Waals surface area contributed by atoms with Gasteiger partial charge in [-0.25, -0.2) is 0 Å². The first-order valence-corrected chi connectivity index (χ1v) is 27.9. The summed E-state index contributed by atoms with van der Waals surface area (Å²) >= 11 is 3.50. The number of carbonyl (C=O) groups excluding carboxylic acids is 8. The quantitative estimate of drug-likeness (QED) is 0.0915. The summed E-state index contributed by atoms with van der Waals surface area (Å²) in [5.74, 6) is -3.49. The Kier molecular flexibility index (Phi) is 22.1. The summed E-state index contributed by atoms with van der Waals surface area (Å²) in [4.78, 5) is 117. The van der Waals surface area contributed by atoms with Crippen LogP contribution in [0.25, 0.3) is 0 Å². The number of likely N-dealkylation sites (tertiary alicyclic amines) is 2. The van der Waals surface area contributed by atoms with Crippen molar-refractivity contribution in [3.05, 3.63) is 105 Å². The highest BCUT2D eigenvalue weighted by molar-refractivity contribution is 9.10. The number of amides is 8. The predicted octanol–water partition coefficient (Wildman–Crippen LogP) is 5.36. The van der Waals surface area contributed by atoms with Gasteiger partial charge in [-0.2, -0.15) is 0 Å². The average molecular weight is 1200 g/mol. The maximum absolute atomic E-state index is 14.7. The maximum atomic E-state index is 14.7. The van der Waals surface area contributed by atoms with E-state index < -0.39 is 82.8 Å². The standard InChI is InChI=1S/C58H79BrN10O8.2ClH/c1-32(60-9)49(70)66-47(57(3,4)5)55(76)68-30-39(28-45(68)53(74)64-43-23-15-19-34-17-11-13-21-41(34)43)62-51(72)36-25-37(27-38(59)26-36)52(73)63-40-29-46(54(75)65-44-24-16-20-35-18-12-14-22-42(35)44)69(31-40)56(77)48(58(6,7)8)67-50(71)33(2)61-10;;/h11-14,17-18,21-22,25-27,32-33,39-40,43-48,60-61H,15-16,19-20,23-24,28-31H2,1-10H3,(H,62,72)(H,63,73)(H,64,74)(H,65,75)(H,66,70)(H,67,71);2*1H/t32-,33-,39-,40-,43+,44+,45?,46?,47+,48?;;/m0../s1. The Balaban J connectivity index is 0.00000574. The second kappa shape index (κ2) is 27.2. The Morgan fingerprint density at radius 3 is 1.28 bits per heavy atom. The van der Waals surface area contributed by atoms with E-state index in [2.05, 4.69) is 70.6 Å². The lowest BCUT2D eigenvalue weighted by molar-refractivity contribution is -0.144. The average Bonchev–Trinajstić information content (AvgIpc) is 4.15. The number of halogens is 3. The van der Waals surface area contributed by atoms with Gasteiger partial charge < -0.3 is 52.3 Å². The zero-order valence-electron chi connectivity index (χ0n) is 47.1. The van der Waals surface area contributed by atoms with Crippen molar-refractivity contribution in [3.63, 3.8) is 0 Å². The number of hydrogen-bond acceptors (Lipinski definition) is 10. The van der Waals surface area contributed by atoms with Gasteiger partial charge in [-0.1, -0.05) is 106 Å². The number of hydrogen-bond donors (Lipinski definition) is 8. The van der Waals surface area contributed by atoms with E-state index in [4.69, 9.17) is 0 Å². The van der Waals surface area contributed by atoms with Crippen LogP contribution in [-0.4, -0.2) is 133 Å². The Bertz CT molecular complexity index is 2560. The number of fused-ring (bicyclic) bond motifs is 2. The van der Waals surface area contributed by atoms with Gasteiger partial charge in [0, 0.05) is 40.8 Å². The molecule has 8 amide bonds. The highest BCUT2D eigenvalue weighted by Crippen LogP contribution is 2.34. The molecular formula is C58H81BrCl2N10O8. The van der Waals surface area contributed by atoms with E-state index in [1.54, 1.807) is 40.1 Å². The van der Waals surface area contributed by atoms with Gasteiger partial charge >= 0.3 is 0 Å². The van der Waals surface area contributed by atoms with Crippen LogP contribution >= 0.6 is 40.7 Å². The second-order valence-corrected chi connectivity index (χ2v) is 24.4. The van der Waals surface area contributed by atoms with Crippen LogP contribution in [0.4, 0.5) is 0 Å². The molecule has 7 rings (SSSR count). The zero-order chi connectivity index (χ0) is 56.1. The molecule has 3 aromatic carbocycles. The van der Waals surface area contributed by atoms with Crippen molar-refractivity contribution >= 4 is 88.0 Å². The number of rotatable bonds is 16. The lowest BCUT2D eigenvalue weighted by Gasteiger charge is -2.36. The Morgan fingerprint density at radius 2 is 0.924 bits per heavy atom. The molecule has 10 atom stereocenters. The van der Waals surface area contributed by atoms with Gasteiger partial charge in [0.2, 0.25) is 35.4 Å². The minimum atomic E-state index is -1.01.